The molecule has 1 amide bonds. The summed E-state index contributed by atoms with van der Waals surface area (Å²) in [6.07, 6.45) is 2.57. The van der Waals surface area contributed by atoms with Crippen molar-refractivity contribution >= 4 is 15.9 Å². The van der Waals surface area contributed by atoms with Gasteiger partial charge in [-0.2, -0.15) is 4.31 Å². The van der Waals surface area contributed by atoms with Gasteiger partial charge in [-0.05, 0) is 55.4 Å². The second-order valence-corrected chi connectivity index (χ2v) is 10.1. The second-order valence-electron chi connectivity index (χ2n) is 8.16. The summed E-state index contributed by atoms with van der Waals surface area (Å²) in [6, 6.07) is 14.7. The first-order valence-corrected chi connectivity index (χ1v) is 11.7. The summed E-state index contributed by atoms with van der Waals surface area (Å²) in [7, 11) is -3.57. The number of nitrogens with zero attached hydrogens (tertiary/aromatic N) is 1. The van der Waals surface area contributed by atoms with Crippen molar-refractivity contribution in [2.45, 2.75) is 51.0 Å². The van der Waals surface area contributed by atoms with E-state index in [2.05, 4.69) is 19.2 Å². The molecule has 0 aliphatic carbocycles. The fourth-order valence-corrected chi connectivity index (χ4v) is 5.53. The monoisotopic (exact) mass is 414 g/mol. The summed E-state index contributed by atoms with van der Waals surface area (Å²) in [5, 5.41) is 3.10. The van der Waals surface area contributed by atoms with Crippen LogP contribution in [-0.2, 0) is 10.0 Å². The standard InChI is InChI=1S/C23H30N2O3S/c1-17(2)15-21(19-9-5-4-6-10-19)24-23(26)20-12-11-18(3)22(16-20)29(27,28)25-13-7-8-14-25/h4-6,9-12,16-17,21H,7-8,13-15H2,1-3H3,(H,24,26)/t21-/m0/s1. The van der Waals surface area contributed by atoms with Crippen LogP contribution in [0.1, 0.15) is 60.6 Å². The fourth-order valence-electron chi connectivity index (χ4n) is 3.76. The molecule has 0 aromatic heterocycles. The first-order valence-electron chi connectivity index (χ1n) is 10.3. The van der Waals surface area contributed by atoms with Crippen molar-refractivity contribution in [1.29, 1.82) is 0 Å². The highest BCUT2D eigenvalue weighted by Gasteiger charge is 2.29. The minimum absolute atomic E-state index is 0.122. The Hall–Kier alpha value is -2.18. The summed E-state index contributed by atoms with van der Waals surface area (Å²) < 4.78 is 27.5. The van der Waals surface area contributed by atoms with Crippen LogP contribution in [-0.4, -0.2) is 31.7 Å². The van der Waals surface area contributed by atoms with Crippen molar-refractivity contribution in [1.82, 2.24) is 9.62 Å². The first kappa shape index (κ1) is 21.5. The number of amides is 1. The molecular weight excluding hydrogens is 384 g/mol. The van der Waals surface area contributed by atoms with E-state index >= 15 is 0 Å². The minimum Gasteiger partial charge on any atom is -0.345 e. The maximum Gasteiger partial charge on any atom is 0.251 e. The number of carbonyl (C=O) groups is 1. The fraction of sp³-hybridized carbons (Fsp3) is 0.435. The lowest BCUT2D eigenvalue weighted by Gasteiger charge is -2.22. The lowest BCUT2D eigenvalue weighted by atomic mass is 9.96. The molecule has 29 heavy (non-hydrogen) atoms. The maximum atomic E-state index is 13.0. The van der Waals surface area contributed by atoms with Crippen LogP contribution in [0.4, 0.5) is 0 Å². The second kappa shape index (κ2) is 9.09. The van der Waals surface area contributed by atoms with Gasteiger partial charge in [0.15, 0.2) is 0 Å². The first-order chi connectivity index (χ1) is 13.8. The Morgan fingerprint density at radius 3 is 2.34 bits per heavy atom. The van der Waals surface area contributed by atoms with Crippen molar-refractivity contribution < 1.29 is 13.2 Å². The Labute approximate surface area is 174 Å². The van der Waals surface area contributed by atoms with Gasteiger partial charge in [-0.3, -0.25) is 4.79 Å². The van der Waals surface area contributed by atoms with Gasteiger partial charge >= 0.3 is 0 Å². The van der Waals surface area contributed by atoms with Crippen LogP contribution in [0.2, 0.25) is 0 Å². The number of sulfonamides is 1. The van der Waals surface area contributed by atoms with E-state index in [0.717, 1.165) is 24.8 Å². The third-order valence-electron chi connectivity index (χ3n) is 5.35. The smallest absolute Gasteiger partial charge is 0.251 e. The third-order valence-corrected chi connectivity index (χ3v) is 7.39. The summed E-state index contributed by atoms with van der Waals surface area (Å²) in [5.74, 6) is 0.155. The summed E-state index contributed by atoms with van der Waals surface area (Å²) >= 11 is 0. The molecule has 1 aliphatic heterocycles. The normalized spacial score (nSPS) is 16.1. The van der Waals surface area contributed by atoms with Crippen LogP contribution >= 0.6 is 0 Å². The van der Waals surface area contributed by atoms with Gasteiger partial charge in [-0.1, -0.05) is 50.2 Å². The van der Waals surface area contributed by atoms with Gasteiger partial charge in [0.25, 0.3) is 5.91 Å². The van der Waals surface area contributed by atoms with E-state index in [9.17, 15) is 13.2 Å². The largest absolute Gasteiger partial charge is 0.345 e. The predicted octanol–water partition coefficient (Wildman–Crippen LogP) is 4.30. The highest BCUT2D eigenvalue weighted by atomic mass is 32.2. The molecule has 0 spiro atoms. The van der Waals surface area contributed by atoms with Crippen LogP contribution in [0.15, 0.2) is 53.4 Å². The zero-order valence-corrected chi connectivity index (χ0v) is 18.2. The van der Waals surface area contributed by atoms with Gasteiger partial charge in [0.2, 0.25) is 10.0 Å². The molecule has 0 radical (unpaired) electrons. The van der Waals surface area contributed by atoms with Gasteiger partial charge in [0, 0.05) is 18.7 Å². The quantitative estimate of drug-likeness (QED) is 0.735. The topological polar surface area (TPSA) is 66.5 Å². The van der Waals surface area contributed by atoms with E-state index < -0.39 is 10.0 Å². The van der Waals surface area contributed by atoms with Gasteiger partial charge < -0.3 is 5.32 Å². The molecular formula is C23H30N2O3S. The number of hydrogen-bond donors (Lipinski definition) is 1. The maximum absolute atomic E-state index is 13.0. The van der Waals surface area contributed by atoms with Crippen LogP contribution in [0.5, 0.6) is 0 Å². The zero-order valence-electron chi connectivity index (χ0n) is 17.4. The van der Waals surface area contributed by atoms with Crippen LogP contribution in [0.25, 0.3) is 0 Å². The molecule has 6 heteroatoms. The van der Waals surface area contributed by atoms with Gasteiger partial charge in [0.05, 0.1) is 10.9 Å². The Morgan fingerprint density at radius 1 is 1.07 bits per heavy atom. The number of hydrogen-bond acceptors (Lipinski definition) is 3. The van der Waals surface area contributed by atoms with E-state index in [-0.39, 0.29) is 16.8 Å². The lowest BCUT2D eigenvalue weighted by molar-refractivity contribution is 0.0931. The van der Waals surface area contributed by atoms with Crippen LogP contribution < -0.4 is 5.32 Å². The number of rotatable bonds is 7. The molecule has 1 atom stereocenters. The molecule has 2 aromatic carbocycles. The Morgan fingerprint density at radius 2 is 1.72 bits per heavy atom. The van der Waals surface area contributed by atoms with E-state index in [0.29, 0.717) is 30.1 Å². The van der Waals surface area contributed by atoms with E-state index in [1.807, 2.05) is 30.3 Å². The highest BCUT2D eigenvalue weighted by Crippen LogP contribution is 2.26. The molecule has 1 heterocycles. The van der Waals surface area contributed by atoms with Crippen molar-refractivity contribution in [2.24, 2.45) is 5.92 Å². The number of nitrogens with one attached hydrogen (secondary N) is 1. The molecule has 3 rings (SSSR count). The van der Waals surface area contributed by atoms with E-state index in [1.165, 1.54) is 10.4 Å². The SMILES string of the molecule is Cc1ccc(C(=O)N[C@@H](CC(C)C)c2ccccc2)cc1S(=O)(=O)N1CCCC1. The number of carbonyl (C=O) groups excluding carboxylic acids is 1. The minimum atomic E-state index is -3.57. The average molecular weight is 415 g/mol. The molecule has 0 bridgehead atoms. The molecule has 1 saturated heterocycles. The Bertz CT molecular complexity index is 949. The third kappa shape index (κ3) is 5.06. The van der Waals surface area contributed by atoms with E-state index in [1.54, 1.807) is 19.1 Å². The summed E-state index contributed by atoms with van der Waals surface area (Å²) in [4.78, 5) is 13.2. The summed E-state index contributed by atoms with van der Waals surface area (Å²) in [5.41, 5.74) is 2.08. The lowest BCUT2D eigenvalue weighted by Crippen LogP contribution is -2.31. The molecule has 1 N–H and O–H groups in total. The molecule has 2 aromatic rings. The molecule has 0 unspecified atom stereocenters. The number of aryl methyl sites for hydroxylation is 1. The molecule has 0 saturated carbocycles. The molecule has 1 fully saturated rings. The molecule has 1 aliphatic rings. The van der Waals surface area contributed by atoms with Crippen molar-refractivity contribution in [3.05, 3.63) is 65.2 Å². The Balaban J connectivity index is 1.87. The molecule has 5 nitrogen and oxygen atoms in total. The number of benzene rings is 2. The van der Waals surface area contributed by atoms with Crippen molar-refractivity contribution in [3.63, 3.8) is 0 Å². The predicted molar refractivity (Wildman–Crippen MR) is 115 cm³/mol. The van der Waals surface area contributed by atoms with E-state index in [4.69, 9.17) is 0 Å². The van der Waals surface area contributed by atoms with Gasteiger partial charge in [-0.15, -0.1) is 0 Å². The molecule has 156 valence electrons. The highest BCUT2D eigenvalue weighted by molar-refractivity contribution is 7.89. The van der Waals surface area contributed by atoms with Crippen LogP contribution in [0.3, 0.4) is 0 Å². The average Bonchev–Trinajstić information content (AvgIpc) is 3.23. The van der Waals surface area contributed by atoms with Gasteiger partial charge in [0.1, 0.15) is 0 Å². The van der Waals surface area contributed by atoms with Crippen molar-refractivity contribution in [3.8, 4) is 0 Å². The zero-order chi connectivity index (χ0) is 21.0. The van der Waals surface area contributed by atoms with Crippen molar-refractivity contribution in [2.75, 3.05) is 13.1 Å². The van der Waals surface area contributed by atoms with Gasteiger partial charge in [-0.25, -0.2) is 8.42 Å². The van der Waals surface area contributed by atoms with Crippen LogP contribution in [0, 0.1) is 12.8 Å². The Kier molecular flexibility index (Phi) is 6.75. The summed E-state index contributed by atoms with van der Waals surface area (Å²) in [6.45, 7) is 7.10.